The minimum absolute atomic E-state index is 0.493. The lowest BCUT2D eigenvalue weighted by atomic mass is 9.66. The fourth-order valence-corrected chi connectivity index (χ4v) is 5.02. The number of benzene rings is 1. The first-order valence-electron chi connectivity index (χ1n) is 9.42. The van der Waals surface area contributed by atoms with E-state index in [9.17, 15) is 0 Å². The van der Waals surface area contributed by atoms with Crippen LogP contribution in [0.15, 0.2) is 36.5 Å². The molecule has 1 aromatic carbocycles. The fraction of sp³-hybridized carbons (Fsp3) is 0.571. The Morgan fingerprint density at radius 3 is 2.54 bits per heavy atom. The highest BCUT2D eigenvalue weighted by atomic mass is 15.2. The highest BCUT2D eigenvalue weighted by Crippen LogP contribution is 2.52. The maximum Gasteiger partial charge on any atom is 0.105 e. The van der Waals surface area contributed by atoms with E-state index in [2.05, 4.69) is 65.0 Å². The Hall–Kier alpha value is -1.61. The molecule has 1 aromatic heterocycles. The maximum atomic E-state index is 4.48. The molecule has 0 amide bonds. The van der Waals surface area contributed by atoms with E-state index in [1.54, 1.807) is 5.56 Å². The number of rotatable bonds is 3. The van der Waals surface area contributed by atoms with E-state index in [1.165, 1.54) is 50.9 Å². The van der Waals surface area contributed by atoms with Crippen molar-refractivity contribution >= 4 is 0 Å². The van der Waals surface area contributed by atoms with Gasteiger partial charge in [-0.25, -0.2) is 4.98 Å². The molecule has 1 atom stereocenters. The van der Waals surface area contributed by atoms with Crippen LogP contribution >= 0.6 is 0 Å². The van der Waals surface area contributed by atoms with Crippen LogP contribution in [0.3, 0.4) is 0 Å². The maximum absolute atomic E-state index is 4.48. The topological polar surface area (TPSA) is 21.1 Å². The summed E-state index contributed by atoms with van der Waals surface area (Å²) in [6.07, 6.45) is 9.08. The first kappa shape index (κ1) is 15.9. The van der Waals surface area contributed by atoms with Gasteiger partial charge in [0, 0.05) is 38.8 Å². The molecule has 1 spiro atoms. The van der Waals surface area contributed by atoms with Crippen molar-refractivity contribution < 1.29 is 0 Å². The van der Waals surface area contributed by atoms with Crippen LogP contribution in [0.1, 0.15) is 55.1 Å². The highest BCUT2D eigenvalue weighted by molar-refractivity contribution is 5.25. The van der Waals surface area contributed by atoms with E-state index >= 15 is 0 Å². The van der Waals surface area contributed by atoms with E-state index in [1.807, 2.05) is 0 Å². The van der Waals surface area contributed by atoms with Crippen molar-refractivity contribution in [1.82, 2.24) is 14.5 Å². The minimum Gasteiger partial charge on any atom is -0.334 e. The first-order valence-corrected chi connectivity index (χ1v) is 9.42. The molecule has 1 aliphatic heterocycles. The number of hydrogen-bond donors (Lipinski definition) is 0. The van der Waals surface area contributed by atoms with Gasteiger partial charge >= 0.3 is 0 Å². The molecule has 128 valence electrons. The molecule has 3 nitrogen and oxygen atoms in total. The largest absolute Gasteiger partial charge is 0.334 e. The lowest BCUT2D eigenvalue weighted by molar-refractivity contribution is 0.167. The zero-order chi connectivity index (χ0) is 16.6. The molecule has 1 aliphatic carbocycles. The summed E-state index contributed by atoms with van der Waals surface area (Å²) in [5, 5.41) is 0. The lowest BCUT2D eigenvalue weighted by Crippen LogP contribution is -2.32. The Morgan fingerprint density at radius 1 is 1.12 bits per heavy atom. The quantitative estimate of drug-likeness (QED) is 0.840. The Kier molecular flexibility index (Phi) is 4.21. The van der Waals surface area contributed by atoms with Gasteiger partial charge < -0.3 is 4.57 Å². The average Bonchev–Trinajstić information content (AvgIpc) is 3.11. The average molecular weight is 323 g/mol. The molecular formula is C21H29N3. The molecule has 2 fully saturated rings. The number of imidazole rings is 1. The molecule has 2 heterocycles. The summed E-state index contributed by atoms with van der Waals surface area (Å²) in [6.45, 7) is 5.55. The van der Waals surface area contributed by atoms with E-state index in [0.717, 1.165) is 12.4 Å². The molecule has 1 saturated carbocycles. The third-order valence-corrected chi connectivity index (χ3v) is 6.47. The number of nitrogens with zero attached hydrogens (tertiary/aromatic N) is 3. The van der Waals surface area contributed by atoms with E-state index in [0.29, 0.717) is 11.3 Å². The molecule has 2 aliphatic rings. The smallest absolute Gasteiger partial charge is 0.105 e. The molecular weight excluding hydrogens is 294 g/mol. The minimum atomic E-state index is 0.493. The molecule has 0 unspecified atom stereocenters. The second kappa shape index (κ2) is 6.36. The third kappa shape index (κ3) is 2.79. The van der Waals surface area contributed by atoms with Crippen LogP contribution in [0.2, 0.25) is 0 Å². The summed E-state index contributed by atoms with van der Waals surface area (Å²) in [5.41, 5.74) is 3.38. The second-order valence-corrected chi connectivity index (χ2v) is 7.91. The zero-order valence-electron chi connectivity index (χ0n) is 15.0. The van der Waals surface area contributed by atoms with Gasteiger partial charge in [-0.2, -0.15) is 0 Å². The van der Waals surface area contributed by atoms with Crippen molar-refractivity contribution in [3.8, 4) is 0 Å². The predicted molar refractivity (Wildman–Crippen MR) is 97.9 cm³/mol. The molecule has 0 bridgehead atoms. The number of aromatic nitrogens is 2. The van der Waals surface area contributed by atoms with Crippen LogP contribution in [0.5, 0.6) is 0 Å². The molecule has 4 rings (SSSR count). The summed E-state index contributed by atoms with van der Waals surface area (Å²) < 4.78 is 2.24. The van der Waals surface area contributed by atoms with E-state index in [4.69, 9.17) is 0 Å². The van der Waals surface area contributed by atoms with E-state index in [-0.39, 0.29) is 0 Å². The summed E-state index contributed by atoms with van der Waals surface area (Å²) in [6, 6.07) is 11.2. The Morgan fingerprint density at radius 2 is 1.88 bits per heavy atom. The highest BCUT2D eigenvalue weighted by Gasteiger charge is 2.47. The van der Waals surface area contributed by atoms with Crippen LogP contribution in [0.4, 0.5) is 0 Å². The third-order valence-electron chi connectivity index (χ3n) is 6.47. The summed E-state index contributed by atoms with van der Waals surface area (Å²) in [4.78, 5) is 7.16. The fourth-order valence-electron chi connectivity index (χ4n) is 5.02. The predicted octanol–water partition coefficient (Wildman–Crippen LogP) is 4.28. The molecule has 2 aromatic rings. The van der Waals surface area contributed by atoms with Gasteiger partial charge in [-0.3, -0.25) is 4.90 Å². The number of hydrogen-bond acceptors (Lipinski definition) is 2. The van der Waals surface area contributed by atoms with Crippen LogP contribution in [-0.4, -0.2) is 27.5 Å². The summed E-state index contributed by atoms with van der Waals surface area (Å²) in [7, 11) is 2.14. The van der Waals surface area contributed by atoms with Crippen molar-refractivity contribution in [2.24, 2.45) is 12.5 Å². The second-order valence-electron chi connectivity index (χ2n) is 7.91. The van der Waals surface area contributed by atoms with Crippen molar-refractivity contribution in [2.75, 3.05) is 13.1 Å². The van der Waals surface area contributed by atoms with Gasteiger partial charge in [-0.15, -0.1) is 0 Å². The first-order chi connectivity index (χ1) is 11.7. The molecule has 1 saturated heterocycles. The molecule has 24 heavy (non-hydrogen) atoms. The van der Waals surface area contributed by atoms with Crippen molar-refractivity contribution in [3.63, 3.8) is 0 Å². The van der Waals surface area contributed by atoms with Gasteiger partial charge in [-0.05, 0) is 30.7 Å². The zero-order valence-corrected chi connectivity index (χ0v) is 15.0. The Labute approximate surface area is 145 Å². The lowest BCUT2D eigenvalue weighted by Gasteiger charge is -2.38. The van der Waals surface area contributed by atoms with Gasteiger partial charge in [-0.1, -0.05) is 49.6 Å². The summed E-state index contributed by atoms with van der Waals surface area (Å²) >= 11 is 0. The van der Waals surface area contributed by atoms with Crippen molar-refractivity contribution in [2.45, 2.75) is 51.5 Å². The van der Waals surface area contributed by atoms with Crippen molar-refractivity contribution in [3.05, 3.63) is 53.6 Å². The van der Waals surface area contributed by atoms with Crippen LogP contribution in [-0.2, 0) is 13.6 Å². The number of likely N-dealkylation sites (tertiary alicyclic amines) is 1. The van der Waals surface area contributed by atoms with Gasteiger partial charge in [0.25, 0.3) is 0 Å². The standard InChI is InChI=1S/C21H29N3/c1-17-22-13-19(23(17)2)14-24-15-20(18-9-5-3-6-10-18)21(16-24)11-7-4-8-12-21/h3,5-6,9-10,13,20H,4,7-8,11-12,14-16H2,1-2H3/t20-/m0/s1. The Bertz CT molecular complexity index is 682. The van der Waals surface area contributed by atoms with Crippen LogP contribution in [0, 0.1) is 12.3 Å². The van der Waals surface area contributed by atoms with E-state index < -0.39 is 0 Å². The van der Waals surface area contributed by atoms with Gasteiger partial charge in [0.2, 0.25) is 0 Å². The SMILES string of the molecule is Cc1ncc(CN2C[C@@H](c3ccccc3)C3(CCCCC3)C2)n1C. The summed E-state index contributed by atoms with van der Waals surface area (Å²) in [5.74, 6) is 1.80. The van der Waals surface area contributed by atoms with Gasteiger partial charge in [0.05, 0.1) is 5.69 Å². The van der Waals surface area contributed by atoms with Crippen LogP contribution in [0.25, 0.3) is 0 Å². The molecule has 3 heteroatoms. The van der Waals surface area contributed by atoms with Gasteiger partial charge in [0.1, 0.15) is 5.82 Å². The molecule has 0 N–H and O–H groups in total. The van der Waals surface area contributed by atoms with Crippen molar-refractivity contribution in [1.29, 1.82) is 0 Å². The Balaban J connectivity index is 1.59. The normalized spacial score (nSPS) is 23.8. The van der Waals surface area contributed by atoms with Gasteiger partial charge in [0.15, 0.2) is 0 Å². The number of aryl methyl sites for hydroxylation is 1. The van der Waals surface area contributed by atoms with Crippen LogP contribution < -0.4 is 0 Å². The molecule has 0 radical (unpaired) electrons. The monoisotopic (exact) mass is 323 g/mol.